The SMILES string of the molecule is CCCCNC(=O)[C@H](C)N(CCc1ccccc1)C(=O)CCc1ccccc1Cl. The minimum absolute atomic E-state index is 0.0287. The molecule has 0 heterocycles. The number of nitrogens with one attached hydrogen (secondary N) is 1. The summed E-state index contributed by atoms with van der Waals surface area (Å²) in [6.07, 6.45) is 3.55. The van der Waals surface area contributed by atoms with Crippen molar-refractivity contribution >= 4 is 23.4 Å². The largest absolute Gasteiger partial charge is 0.354 e. The minimum atomic E-state index is -0.505. The summed E-state index contributed by atoms with van der Waals surface area (Å²) in [5, 5.41) is 3.61. The molecule has 0 aliphatic rings. The van der Waals surface area contributed by atoms with Crippen molar-refractivity contribution in [2.45, 2.75) is 52.0 Å². The van der Waals surface area contributed by atoms with Crippen LogP contribution in [0.25, 0.3) is 0 Å². The number of hydrogen-bond donors (Lipinski definition) is 1. The van der Waals surface area contributed by atoms with Crippen LogP contribution in [-0.4, -0.2) is 35.8 Å². The molecule has 0 spiro atoms. The molecule has 0 saturated heterocycles. The van der Waals surface area contributed by atoms with Gasteiger partial charge in [0.25, 0.3) is 0 Å². The molecular formula is C24H31ClN2O2. The third-order valence-electron chi connectivity index (χ3n) is 5.05. The summed E-state index contributed by atoms with van der Waals surface area (Å²) in [6, 6.07) is 17.1. The topological polar surface area (TPSA) is 49.4 Å². The Balaban J connectivity index is 2.04. The fourth-order valence-corrected chi connectivity index (χ4v) is 3.42. The second-order valence-corrected chi connectivity index (χ2v) is 7.64. The number of amides is 2. The normalized spacial score (nSPS) is 11.7. The summed E-state index contributed by atoms with van der Waals surface area (Å²) in [5.74, 6) is -0.128. The van der Waals surface area contributed by atoms with E-state index in [0.717, 1.165) is 24.0 Å². The first-order chi connectivity index (χ1) is 14.0. The van der Waals surface area contributed by atoms with Crippen molar-refractivity contribution in [3.05, 3.63) is 70.7 Å². The molecule has 1 atom stereocenters. The van der Waals surface area contributed by atoms with Crippen molar-refractivity contribution < 1.29 is 9.59 Å². The van der Waals surface area contributed by atoms with Crippen molar-refractivity contribution in [1.29, 1.82) is 0 Å². The Kier molecular flexibility index (Phi) is 9.72. The number of benzene rings is 2. The number of nitrogens with zero attached hydrogens (tertiary/aromatic N) is 1. The molecule has 0 fully saturated rings. The molecule has 0 unspecified atom stereocenters. The molecule has 0 saturated carbocycles. The molecule has 2 aromatic carbocycles. The van der Waals surface area contributed by atoms with Crippen LogP contribution < -0.4 is 5.32 Å². The first-order valence-electron chi connectivity index (χ1n) is 10.4. The van der Waals surface area contributed by atoms with Crippen LogP contribution in [0.2, 0.25) is 5.02 Å². The van der Waals surface area contributed by atoms with Crippen LogP contribution in [0.1, 0.15) is 44.2 Å². The van der Waals surface area contributed by atoms with E-state index in [1.807, 2.05) is 54.6 Å². The van der Waals surface area contributed by atoms with E-state index in [2.05, 4.69) is 12.2 Å². The van der Waals surface area contributed by atoms with E-state index in [1.165, 1.54) is 0 Å². The fourth-order valence-electron chi connectivity index (χ4n) is 3.19. The van der Waals surface area contributed by atoms with Gasteiger partial charge in [0.2, 0.25) is 11.8 Å². The molecule has 0 aliphatic carbocycles. The van der Waals surface area contributed by atoms with Crippen LogP contribution in [-0.2, 0) is 22.4 Å². The third kappa shape index (κ3) is 7.54. The number of rotatable bonds is 11. The van der Waals surface area contributed by atoms with Crippen molar-refractivity contribution in [3.63, 3.8) is 0 Å². The zero-order valence-corrected chi connectivity index (χ0v) is 18.1. The highest BCUT2D eigenvalue weighted by molar-refractivity contribution is 6.31. The summed E-state index contributed by atoms with van der Waals surface area (Å²) in [6.45, 7) is 5.04. The Morgan fingerprint density at radius 2 is 1.72 bits per heavy atom. The van der Waals surface area contributed by atoms with Crippen LogP contribution in [0.4, 0.5) is 0 Å². The lowest BCUT2D eigenvalue weighted by Gasteiger charge is -2.29. The first-order valence-corrected chi connectivity index (χ1v) is 10.7. The molecule has 156 valence electrons. The molecule has 29 heavy (non-hydrogen) atoms. The molecule has 0 aromatic heterocycles. The van der Waals surface area contributed by atoms with Crippen LogP contribution in [0, 0.1) is 0 Å². The Morgan fingerprint density at radius 1 is 1.03 bits per heavy atom. The molecule has 2 amide bonds. The number of halogens is 1. The summed E-state index contributed by atoms with van der Waals surface area (Å²) in [7, 11) is 0. The minimum Gasteiger partial charge on any atom is -0.354 e. The summed E-state index contributed by atoms with van der Waals surface area (Å²) in [5.41, 5.74) is 2.10. The predicted octanol–water partition coefficient (Wildman–Crippen LogP) is 4.65. The lowest BCUT2D eigenvalue weighted by Crippen LogP contribution is -2.49. The molecule has 0 bridgehead atoms. The molecule has 2 aromatic rings. The summed E-state index contributed by atoms with van der Waals surface area (Å²) in [4.78, 5) is 27.3. The Hall–Kier alpha value is -2.33. The van der Waals surface area contributed by atoms with E-state index < -0.39 is 6.04 Å². The average molecular weight is 415 g/mol. The lowest BCUT2D eigenvalue weighted by molar-refractivity contribution is -0.139. The van der Waals surface area contributed by atoms with E-state index >= 15 is 0 Å². The molecule has 5 heteroatoms. The number of unbranched alkanes of at least 4 members (excludes halogenated alkanes) is 1. The average Bonchev–Trinajstić information content (AvgIpc) is 2.74. The van der Waals surface area contributed by atoms with Crippen molar-refractivity contribution in [2.75, 3.05) is 13.1 Å². The predicted molar refractivity (Wildman–Crippen MR) is 119 cm³/mol. The van der Waals surface area contributed by atoms with Gasteiger partial charge in [-0.2, -0.15) is 0 Å². The van der Waals surface area contributed by atoms with Crippen molar-refractivity contribution in [2.24, 2.45) is 0 Å². The van der Waals surface area contributed by atoms with Gasteiger partial charge in [0.15, 0.2) is 0 Å². The van der Waals surface area contributed by atoms with Gasteiger partial charge in [-0.05, 0) is 43.4 Å². The zero-order valence-electron chi connectivity index (χ0n) is 17.4. The van der Waals surface area contributed by atoms with Gasteiger partial charge < -0.3 is 10.2 Å². The molecular weight excluding hydrogens is 384 g/mol. The number of carbonyl (C=O) groups is 2. The van der Waals surface area contributed by atoms with Gasteiger partial charge in [0.1, 0.15) is 6.04 Å². The van der Waals surface area contributed by atoms with Gasteiger partial charge in [0, 0.05) is 24.5 Å². The van der Waals surface area contributed by atoms with Crippen LogP contribution in [0.5, 0.6) is 0 Å². The van der Waals surface area contributed by atoms with E-state index in [4.69, 9.17) is 11.6 Å². The van der Waals surface area contributed by atoms with Gasteiger partial charge >= 0.3 is 0 Å². The maximum atomic E-state index is 13.0. The zero-order chi connectivity index (χ0) is 21.1. The van der Waals surface area contributed by atoms with E-state index in [-0.39, 0.29) is 11.8 Å². The van der Waals surface area contributed by atoms with E-state index in [0.29, 0.717) is 37.4 Å². The van der Waals surface area contributed by atoms with E-state index in [1.54, 1.807) is 11.8 Å². The van der Waals surface area contributed by atoms with Gasteiger partial charge in [-0.3, -0.25) is 9.59 Å². The monoisotopic (exact) mass is 414 g/mol. The third-order valence-corrected chi connectivity index (χ3v) is 5.42. The standard InChI is InChI=1S/C24H31ClN2O2/c1-3-4-17-26-24(29)19(2)27(18-16-20-10-6-5-7-11-20)23(28)15-14-21-12-8-9-13-22(21)25/h5-13,19H,3-4,14-18H2,1-2H3,(H,26,29)/t19-/m0/s1. The second kappa shape index (κ2) is 12.3. The molecule has 2 rings (SSSR count). The van der Waals surface area contributed by atoms with Crippen LogP contribution >= 0.6 is 11.6 Å². The van der Waals surface area contributed by atoms with Crippen LogP contribution in [0.15, 0.2) is 54.6 Å². The quantitative estimate of drug-likeness (QED) is 0.544. The van der Waals surface area contributed by atoms with Gasteiger partial charge in [0.05, 0.1) is 0 Å². The highest BCUT2D eigenvalue weighted by Gasteiger charge is 2.25. The second-order valence-electron chi connectivity index (χ2n) is 7.23. The summed E-state index contributed by atoms with van der Waals surface area (Å²) < 4.78 is 0. The molecule has 0 radical (unpaired) electrons. The van der Waals surface area contributed by atoms with Crippen LogP contribution in [0.3, 0.4) is 0 Å². The van der Waals surface area contributed by atoms with E-state index in [9.17, 15) is 9.59 Å². The lowest BCUT2D eigenvalue weighted by atomic mass is 10.1. The number of aryl methyl sites for hydroxylation is 1. The summed E-state index contributed by atoms with van der Waals surface area (Å²) >= 11 is 6.22. The van der Waals surface area contributed by atoms with Crippen molar-refractivity contribution in [1.82, 2.24) is 10.2 Å². The van der Waals surface area contributed by atoms with Gasteiger partial charge in [-0.1, -0.05) is 73.5 Å². The Labute approximate surface area is 179 Å². The molecule has 1 N–H and O–H groups in total. The maximum absolute atomic E-state index is 13.0. The fraction of sp³-hybridized carbons (Fsp3) is 0.417. The molecule has 4 nitrogen and oxygen atoms in total. The highest BCUT2D eigenvalue weighted by Crippen LogP contribution is 2.17. The van der Waals surface area contributed by atoms with Crippen molar-refractivity contribution in [3.8, 4) is 0 Å². The number of hydrogen-bond acceptors (Lipinski definition) is 2. The first kappa shape index (κ1) is 23.0. The number of carbonyl (C=O) groups excluding carboxylic acids is 2. The van der Waals surface area contributed by atoms with Gasteiger partial charge in [-0.15, -0.1) is 0 Å². The Morgan fingerprint density at radius 3 is 2.41 bits per heavy atom. The Bertz CT molecular complexity index is 779. The van der Waals surface area contributed by atoms with Gasteiger partial charge in [-0.25, -0.2) is 0 Å². The maximum Gasteiger partial charge on any atom is 0.242 e. The molecule has 0 aliphatic heterocycles. The highest BCUT2D eigenvalue weighted by atomic mass is 35.5. The smallest absolute Gasteiger partial charge is 0.242 e.